The molecule has 0 nitrogen and oxygen atoms in total. The molecule has 0 saturated carbocycles. The van der Waals surface area contributed by atoms with Crippen molar-refractivity contribution in [2.75, 3.05) is 0 Å². The monoisotopic (exact) mass is 1010 g/mol. The second-order valence-corrected chi connectivity index (χ2v) is 15.0. The minimum Gasteiger partial charge on any atom is -0.0623 e. The van der Waals surface area contributed by atoms with Gasteiger partial charge in [-0.15, -0.1) is 0 Å². The van der Waals surface area contributed by atoms with E-state index >= 15 is 0 Å². The lowest BCUT2D eigenvalue weighted by Crippen LogP contribution is -1.47. The summed E-state index contributed by atoms with van der Waals surface area (Å²) in [5.74, 6) is 0. The molecule has 0 heteroatoms. The normalized spacial score (nSPS) is 8.00. The molecule has 0 spiro atoms. The highest BCUT2D eigenvalue weighted by Gasteiger charge is 1.65. The molecule has 0 fully saturated rings. The van der Waals surface area contributed by atoms with E-state index in [2.05, 4.69) is 0 Å². The van der Waals surface area contributed by atoms with Gasteiger partial charge in [0, 0.05) is 0 Å². The van der Waals surface area contributed by atoms with Gasteiger partial charge in [0.05, 0.1) is 0 Å². The van der Waals surface area contributed by atoms with Crippen LogP contribution in [0.1, 0.15) is 0 Å². The largest absolute Gasteiger partial charge is 0.0623 e. The van der Waals surface area contributed by atoms with Gasteiger partial charge in [-0.05, 0) is 0 Å². The molecule has 13 rings (SSSR count). The van der Waals surface area contributed by atoms with Crippen molar-refractivity contribution in [3.8, 4) is 0 Å². The molecule has 0 aliphatic heterocycles. The average Bonchev–Trinajstić information content (AvgIpc) is 3.60. The van der Waals surface area contributed by atoms with Crippen LogP contribution in [0.2, 0.25) is 0 Å². The van der Waals surface area contributed by atoms with E-state index in [0.29, 0.717) is 0 Å². The average molecular weight is 1020 g/mol. The van der Waals surface area contributed by atoms with Crippen LogP contribution in [0, 0.1) is 0 Å². The van der Waals surface area contributed by atoms with E-state index in [1.807, 2.05) is 473 Å². The number of hydrogen-bond acceptors (Lipinski definition) is 0. The summed E-state index contributed by atoms with van der Waals surface area (Å²) in [5.41, 5.74) is 0. The number of hydrogen-bond donors (Lipinski definition) is 0. The molecule has 0 radical (unpaired) electrons. The van der Waals surface area contributed by atoms with E-state index in [0.717, 1.165) is 0 Å². The van der Waals surface area contributed by atoms with Crippen LogP contribution in [-0.4, -0.2) is 0 Å². The summed E-state index contributed by atoms with van der Waals surface area (Å²) in [4.78, 5) is 0. The highest BCUT2D eigenvalue weighted by molar-refractivity contribution is 5.06. The maximum absolute atomic E-state index is 2.00. The Hall–Kier alpha value is -10.1. The Morgan fingerprint density at radius 3 is 0.0513 bits per heavy atom. The van der Waals surface area contributed by atoms with E-state index in [9.17, 15) is 0 Å². The van der Waals surface area contributed by atoms with Crippen LogP contribution < -0.4 is 0 Å². The fourth-order valence-electron chi connectivity index (χ4n) is 5.00. The summed E-state index contributed by atoms with van der Waals surface area (Å²) in [5, 5.41) is 0. The Morgan fingerprint density at radius 2 is 0.0385 bits per heavy atom. The fraction of sp³-hybridized carbons (Fsp3) is 0. The minimum absolute atomic E-state index is 2.00. The zero-order valence-corrected chi connectivity index (χ0v) is 45.0. The van der Waals surface area contributed by atoms with Crippen molar-refractivity contribution in [1.29, 1.82) is 0 Å². The van der Waals surface area contributed by atoms with Crippen molar-refractivity contribution in [2.24, 2.45) is 0 Å². The third-order valence-corrected chi connectivity index (χ3v) is 8.67. The van der Waals surface area contributed by atoms with Crippen molar-refractivity contribution in [2.45, 2.75) is 0 Å². The van der Waals surface area contributed by atoms with Gasteiger partial charge in [0.2, 0.25) is 0 Å². The molecular weight excluding hydrogens is 937 g/mol. The first-order valence-corrected chi connectivity index (χ1v) is 26.0. The molecule has 0 atom stereocenters. The molecule has 0 heterocycles. The van der Waals surface area contributed by atoms with Crippen LogP contribution >= 0.6 is 0 Å². The van der Waals surface area contributed by atoms with Crippen LogP contribution in [0.3, 0.4) is 0 Å². The summed E-state index contributed by atoms with van der Waals surface area (Å²) in [6.07, 6.45) is 0. The summed E-state index contributed by atoms with van der Waals surface area (Å²) in [6, 6.07) is 156. The second kappa shape index (κ2) is 63.0. The fourth-order valence-corrected chi connectivity index (χ4v) is 5.00. The SMILES string of the molecule is c1ccccc1.c1ccccc1.c1ccccc1.c1ccccc1.c1ccccc1.c1ccccc1.c1ccccc1.c1ccccc1.c1ccccc1.c1ccccc1.c1ccccc1.c1ccccc1.c1ccccc1. The predicted octanol–water partition coefficient (Wildman–Crippen LogP) is 21.9. The molecule has 0 saturated heterocycles. The van der Waals surface area contributed by atoms with Crippen molar-refractivity contribution >= 4 is 0 Å². The lowest BCUT2D eigenvalue weighted by atomic mass is 10.4. The molecule has 78 heavy (non-hydrogen) atoms. The lowest BCUT2D eigenvalue weighted by Gasteiger charge is -1.69. The van der Waals surface area contributed by atoms with Gasteiger partial charge in [-0.3, -0.25) is 0 Å². The van der Waals surface area contributed by atoms with E-state index in [-0.39, 0.29) is 0 Å². The Labute approximate surface area is 470 Å². The summed E-state index contributed by atoms with van der Waals surface area (Å²) in [7, 11) is 0. The summed E-state index contributed by atoms with van der Waals surface area (Å²) >= 11 is 0. The summed E-state index contributed by atoms with van der Waals surface area (Å²) in [6.45, 7) is 0. The number of rotatable bonds is 0. The van der Waals surface area contributed by atoms with E-state index in [1.54, 1.807) is 0 Å². The van der Waals surface area contributed by atoms with Crippen LogP contribution in [-0.2, 0) is 0 Å². The van der Waals surface area contributed by atoms with E-state index in [1.165, 1.54) is 0 Å². The van der Waals surface area contributed by atoms with E-state index in [4.69, 9.17) is 0 Å². The van der Waals surface area contributed by atoms with Gasteiger partial charge < -0.3 is 0 Å². The van der Waals surface area contributed by atoms with Gasteiger partial charge in [0.1, 0.15) is 0 Å². The van der Waals surface area contributed by atoms with Gasteiger partial charge in [0.25, 0.3) is 0 Å². The van der Waals surface area contributed by atoms with E-state index < -0.39 is 0 Å². The molecule has 0 N–H and O–H groups in total. The molecule has 390 valence electrons. The molecule has 13 aromatic carbocycles. The maximum atomic E-state index is 2.00. The van der Waals surface area contributed by atoms with Crippen LogP contribution in [0.25, 0.3) is 0 Å². The van der Waals surface area contributed by atoms with Gasteiger partial charge in [-0.25, -0.2) is 0 Å². The van der Waals surface area contributed by atoms with Crippen molar-refractivity contribution in [3.63, 3.8) is 0 Å². The van der Waals surface area contributed by atoms with Crippen LogP contribution in [0.5, 0.6) is 0 Å². The molecule has 0 aromatic heterocycles. The standard InChI is InChI=1S/13C6H6/c13*1-2-4-6-5-3-1/h13*1-6H. The Morgan fingerprint density at radius 1 is 0.0256 bits per heavy atom. The zero-order chi connectivity index (χ0) is 55.2. The van der Waals surface area contributed by atoms with Gasteiger partial charge >= 0.3 is 0 Å². The Balaban J connectivity index is 0.000000422. The highest BCUT2D eigenvalue weighted by Crippen LogP contribution is 1.87. The Kier molecular flexibility index (Phi) is 53.2. The van der Waals surface area contributed by atoms with Gasteiger partial charge in [0.15, 0.2) is 0 Å². The Bertz CT molecular complexity index is 1690. The molecule has 0 bridgehead atoms. The predicted molar refractivity (Wildman–Crippen MR) is 344 cm³/mol. The first kappa shape index (κ1) is 65.9. The molecule has 0 aliphatic carbocycles. The first-order valence-electron chi connectivity index (χ1n) is 26.0. The minimum atomic E-state index is 2.00. The van der Waals surface area contributed by atoms with Crippen LogP contribution in [0.4, 0.5) is 0 Å². The zero-order valence-electron chi connectivity index (χ0n) is 45.0. The van der Waals surface area contributed by atoms with Gasteiger partial charge in [-0.2, -0.15) is 0 Å². The second-order valence-electron chi connectivity index (χ2n) is 15.0. The maximum Gasteiger partial charge on any atom is -0.0623 e. The topological polar surface area (TPSA) is 0 Å². The first-order chi connectivity index (χ1) is 39.0. The summed E-state index contributed by atoms with van der Waals surface area (Å²) < 4.78 is 0. The highest BCUT2D eigenvalue weighted by atomic mass is 13.7. The van der Waals surface area contributed by atoms with Crippen molar-refractivity contribution in [1.82, 2.24) is 0 Å². The molecule has 0 amide bonds. The lowest BCUT2D eigenvalue weighted by molar-refractivity contribution is 1.72. The van der Waals surface area contributed by atoms with Crippen molar-refractivity contribution < 1.29 is 0 Å². The number of benzene rings is 13. The smallest absolute Gasteiger partial charge is 0.0623 e. The third kappa shape index (κ3) is 60.2. The quantitative estimate of drug-likeness (QED) is 0.142. The van der Waals surface area contributed by atoms with Crippen LogP contribution in [0.15, 0.2) is 473 Å². The molecule has 0 aliphatic rings. The molecule has 13 aromatic rings. The molecular formula is C78H78. The third-order valence-electron chi connectivity index (χ3n) is 8.67. The van der Waals surface area contributed by atoms with Gasteiger partial charge in [-0.1, -0.05) is 473 Å². The molecule has 0 unspecified atom stereocenters. The van der Waals surface area contributed by atoms with Crippen molar-refractivity contribution in [3.05, 3.63) is 473 Å².